The monoisotopic (exact) mass is 403 g/mol. The molecular formula is C26H45NO2. The number of benzene rings is 1. The highest BCUT2D eigenvalue weighted by Crippen LogP contribution is 2.35. The van der Waals surface area contributed by atoms with Gasteiger partial charge >= 0.3 is 0 Å². The highest BCUT2D eigenvalue weighted by Gasteiger charge is 2.22. The average Bonchev–Trinajstić information content (AvgIpc) is 2.67. The maximum absolute atomic E-state index is 8.57. The summed E-state index contributed by atoms with van der Waals surface area (Å²) in [6.07, 6.45) is 15.6. The van der Waals surface area contributed by atoms with Crippen LogP contribution in [-0.4, -0.2) is 23.9 Å². The topological polar surface area (TPSA) is 41.5 Å². The van der Waals surface area contributed by atoms with Crippen LogP contribution in [0, 0.1) is 0 Å². The summed E-state index contributed by atoms with van der Waals surface area (Å²) < 4.78 is 5.52. The zero-order chi connectivity index (χ0) is 21.5. The van der Waals surface area contributed by atoms with Gasteiger partial charge in [0.2, 0.25) is 0 Å². The van der Waals surface area contributed by atoms with Crippen molar-refractivity contribution in [3.05, 3.63) is 29.8 Å². The predicted octanol–water partition coefficient (Wildman–Crippen LogP) is 7.59. The second-order valence-electron chi connectivity index (χ2n) is 8.72. The van der Waals surface area contributed by atoms with E-state index in [2.05, 4.69) is 51.2 Å². The number of aliphatic hydroxyl groups excluding tert-OH is 1. The molecule has 2 rings (SSSR count). The van der Waals surface area contributed by atoms with Gasteiger partial charge in [-0.1, -0.05) is 70.8 Å². The first-order valence-electron chi connectivity index (χ1n) is 11.8. The van der Waals surface area contributed by atoms with Crippen LogP contribution in [0.3, 0.4) is 0 Å². The van der Waals surface area contributed by atoms with Gasteiger partial charge in [0, 0.05) is 17.9 Å². The second-order valence-corrected chi connectivity index (χ2v) is 8.72. The third-order valence-electron chi connectivity index (χ3n) is 5.27. The van der Waals surface area contributed by atoms with Gasteiger partial charge in [-0.2, -0.15) is 0 Å². The van der Waals surface area contributed by atoms with Crippen LogP contribution in [0.2, 0.25) is 0 Å². The number of rotatable bonds is 12. The van der Waals surface area contributed by atoms with Crippen molar-refractivity contribution in [2.24, 2.45) is 0 Å². The van der Waals surface area contributed by atoms with Gasteiger partial charge in [-0.15, -0.1) is 0 Å². The van der Waals surface area contributed by atoms with Crippen molar-refractivity contribution in [1.82, 2.24) is 0 Å². The summed E-state index contributed by atoms with van der Waals surface area (Å²) in [5.41, 5.74) is 3.77. The first-order valence-corrected chi connectivity index (χ1v) is 11.8. The van der Waals surface area contributed by atoms with Gasteiger partial charge in [0.05, 0.1) is 12.1 Å². The van der Waals surface area contributed by atoms with Crippen molar-refractivity contribution < 1.29 is 9.84 Å². The Morgan fingerprint density at radius 2 is 1.48 bits per heavy atom. The number of aliphatic hydroxyl groups is 1. The molecule has 0 fully saturated rings. The molecule has 166 valence electrons. The van der Waals surface area contributed by atoms with Gasteiger partial charge in [0.15, 0.2) is 0 Å². The molecule has 1 heterocycles. The second kappa shape index (κ2) is 14.5. The zero-order valence-corrected chi connectivity index (χ0v) is 19.7. The van der Waals surface area contributed by atoms with Gasteiger partial charge in [-0.05, 0) is 57.9 Å². The molecule has 0 spiro atoms. The van der Waals surface area contributed by atoms with E-state index in [1.54, 1.807) is 0 Å². The average molecular weight is 404 g/mol. The number of hydrogen-bond donors (Lipinski definition) is 2. The number of fused-ring (bicyclic) bond motifs is 1. The fraction of sp³-hybridized carbons (Fsp3) is 0.692. The van der Waals surface area contributed by atoms with Gasteiger partial charge in [-0.25, -0.2) is 0 Å². The standard InChI is InChI=1S/C14H19NO.C12H26O/c1-5-16-11-6-7-13-12(8-11)10(2)9-14(3,4)15-13;1-2-3-4-5-6-7-8-9-10-11-12-13/h6-9,15H,5H2,1-4H3;13H,2-12H2,1H3. The molecule has 1 aromatic carbocycles. The van der Waals surface area contributed by atoms with Crippen LogP contribution in [0.15, 0.2) is 24.3 Å². The highest BCUT2D eigenvalue weighted by molar-refractivity contribution is 5.80. The van der Waals surface area contributed by atoms with E-state index in [1.165, 1.54) is 74.6 Å². The molecule has 2 N–H and O–H groups in total. The molecular weight excluding hydrogens is 358 g/mol. The Morgan fingerprint density at radius 3 is 2.03 bits per heavy atom. The maximum atomic E-state index is 8.57. The van der Waals surface area contributed by atoms with E-state index < -0.39 is 0 Å². The number of unbranched alkanes of at least 4 members (excludes halogenated alkanes) is 9. The molecule has 0 radical (unpaired) electrons. The van der Waals surface area contributed by atoms with Crippen molar-refractivity contribution in [2.45, 2.75) is 104 Å². The third-order valence-corrected chi connectivity index (χ3v) is 5.27. The zero-order valence-electron chi connectivity index (χ0n) is 19.7. The lowest BCUT2D eigenvalue weighted by molar-refractivity contribution is 0.282. The molecule has 0 atom stereocenters. The first-order chi connectivity index (χ1) is 13.9. The van der Waals surface area contributed by atoms with Crippen LogP contribution >= 0.6 is 0 Å². The van der Waals surface area contributed by atoms with Gasteiger partial charge in [0.1, 0.15) is 5.75 Å². The van der Waals surface area contributed by atoms with Crippen molar-refractivity contribution in [3.63, 3.8) is 0 Å². The number of hydrogen-bond acceptors (Lipinski definition) is 3. The molecule has 0 aliphatic carbocycles. The van der Waals surface area contributed by atoms with Gasteiger partial charge < -0.3 is 15.2 Å². The van der Waals surface area contributed by atoms with Crippen molar-refractivity contribution in [1.29, 1.82) is 0 Å². The number of allylic oxidation sites excluding steroid dienone is 1. The molecule has 0 amide bonds. The number of nitrogens with one attached hydrogen (secondary N) is 1. The molecule has 0 saturated heterocycles. The molecule has 29 heavy (non-hydrogen) atoms. The van der Waals surface area contributed by atoms with E-state index in [-0.39, 0.29) is 5.54 Å². The summed E-state index contributed by atoms with van der Waals surface area (Å²) >= 11 is 0. The van der Waals surface area contributed by atoms with Crippen LogP contribution in [0.1, 0.15) is 104 Å². The summed E-state index contributed by atoms with van der Waals surface area (Å²) in [5.74, 6) is 0.940. The fourth-order valence-corrected chi connectivity index (χ4v) is 3.82. The summed E-state index contributed by atoms with van der Waals surface area (Å²) in [6.45, 7) is 11.8. The molecule has 3 nitrogen and oxygen atoms in total. The SMILES string of the molecule is CCCCCCCCCCCCO.CCOc1ccc2c(c1)C(C)=CC(C)(C)N2. The van der Waals surface area contributed by atoms with E-state index in [4.69, 9.17) is 9.84 Å². The molecule has 1 aliphatic heterocycles. The summed E-state index contributed by atoms with van der Waals surface area (Å²) in [4.78, 5) is 0. The van der Waals surface area contributed by atoms with E-state index in [1.807, 2.05) is 13.0 Å². The number of anilines is 1. The van der Waals surface area contributed by atoms with E-state index >= 15 is 0 Å². The van der Waals surface area contributed by atoms with E-state index in [9.17, 15) is 0 Å². The molecule has 3 heteroatoms. The minimum Gasteiger partial charge on any atom is -0.494 e. The van der Waals surface area contributed by atoms with Crippen LogP contribution in [0.5, 0.6) is 5.75 Å². The number of ether oxygens (including phenoxy) is 1. The quantitative estimate of drug-likeness (QED) is 0.353. The van der Waals surface area contributed by atoms with E-state index in [0.717, 1.165) is 12.2 Å². The lowest BCUT2D eigenvalue weighted by atomic mass is 9.91. The van der Waals surface area contributed by atoms with Crippen LogP contribution < -0.4 is 10.1 Å². The largest absolute Gasteiger partial charge is 0.494 e. The smallest absolute Gasteiger partial charge is 0.120 e. The van der Waals surface area contributed by atoms with Crippen LogP contribution in [-0.2, 0) is 0 Å². The first kappa shape index (κ1) is 25.6. The highest BCUT2D eigenvalue weighted by atomic mass is 16.5. The van der Waals surface area contributed by atoms with Crippen LogP contribution in [0.4, 0.5) is 5.69 Å². The molecule has 1 aliphatic rings. The third kappa shape index (κ3) is 10.7. The normalized spacial score (nSPS) is 14.2. The fourth-order valence-electron chi connectivity index (χ4n) is 3.82. The van der Waals surface area contributed by atoms with Crippen molar-refractivity contribution >= 4 is 11.3 Å². The summed E-state index contributed by atoms with van der Waals surface area (Å²) in [7, 11) is 0. The lowest BCUT2D eigenvalue weighted by Crippen LogP contribution is -2.31. The van der Waals surface area contributed by atoms with Gasteiger partial charge in [-0.3, -0.25) is 0 Å². The van der Waals surface area contributed by atoms with Gasteiger partial charge in [0.25, 0.3) is 0 Å². The Morgan fingerprint density at radius 1 is 0.897 bits per heavy atom. The van der Waals surface area contributed by atoms with E-state index in [0.29, 0.717) is 13.2 Å². The van der Waals surface area contributed by atoms with Crippen molar-refractivity contribution in [2.75, 3.05) is 18.5 Å². The minimum absolute atomic E-state index is 0.0320. The Hall–Kier alpha value is -1.48. The summed E-state index contributed by atoms with van der Waals surface area (Å²) in [5, 5.41) is 12.1. The predicted molar refractivity (Wildman–Crippen MR) is 128 cm³/mol. The Balaban J connectivity index is 0.000000298. The molecule has 0 saturated carbocycles. The minimum atomic E-state index is 0.0320. The Kier molecular flexibility index (Phi) is 12.8. The molecule has 0 unspecified atom stereocenters. The maximum Gasteiger partial charge on any atom is 0.120 e. The Bertz CT molecular complexity index is 582. The Labute approximate surface area is 179 Å². The van der Waals surface area contributed by atoms with Crippen molar-refractivity contribution in [3.8, 4) is 5.75 Å². The molecule has 0 bridgehead atoms. The van der Waals surface area contributed by atoms with Crippen LogP contribution in [0.25, 0.3) is 5.57 Å². The summed E-state index contributed by atoms with van der Waals surface area (Å²) in [6, 6.07) is 6.22. The molecule has 1 aromatic rings. The lowest BCUT2D eigenvalue weighted by Gasteiger charge is -2.31. The molecule has 0 aromatic heterocycles.